The Labute approximate surface area is 78.7 Å². The van der Waals surface area contributed by atoms with Crippen LogP contribution in [0.5, 0.6) is 0 Å². The summed E-state index contributed by atoms with van der Waals surface area (Å²) in [6.45, 7) is 2.96. The van der Waals surface area contributed by atoms with Crippen LogP contribution >= 0.6 is 0 Å². The average Bonchev–Trinajstić information content (AvgIpc) is 2.50. The maximum Gasteiger partial charge on any atom is 0.317 e. The molecule has 3 rings (SSSR count). The number of rotatable bonds is 0. The second-order valence-electron chi connectivity index (χ2n) is 3.96. The smallest absolute Gasteiger partial charge is 0.317 e. The molecule has 4 nitrogen and oxygen atoms in total. The minimum atomic E-state index is 0.0819. The van der Waals surface area contributed by atoms with Gasteiger partial charge < -0.3 is 15.5 Å². The molecule has 2 atom stereocenters. The largest absolute Gasteiger partial charge is 0.341 e. The molecule has 13 heavy (non-hydrogen) atoms. The first-order chi connectivity index (χ1) is 6.31. The third-order valence-electron chi connectivity index (χ3n) is 3.09. The third kappa shape index (κ3) is 1.63. The van der Waals surface area contributed by atoms with Gasteiger partial charge in [0.15, 0.2) is 0 Å². The van der Waals surface area contributed by atoms with Crippen molar-refractivity contribution in [3.63, 3.8) is 0 Å². The van der Waals surface area contributed by atoms with Crippen LogP contribution in [0.1, 0.15) is 12.8 Å². The van der Waals surface area contributed by atoms with Gasteiger partial charge in [-0.25, -0.2) is 4.79 Å². The minimum Gasteiger partial charge on any atom is -0.341 e. The van der Waals surface area contributed by atoms with Crippen molar-refractivity contribution in [2.24, 2.45) is 5.92 Å². The second-order valence-corrected chi connectivity index (χ2v) is 3.96. The maximum atomic E-state index is 11.5. The molecule has 0 aromatic rings. The standard InChI is InChI=1S/C9H17N3O/c1-10-9(13)12-6-7-2-3-8(12)5-11-4-7/h7-8,11H,2-6H2,1H3,(H,10,13). The number of nitrogens with zero attached hydrogens (tertiary/aromatic N) is 1. The molecule has 4 heteroatoms. The number of urea groups is 1. The molecule has 3 saturated heterocycles. The summed E-state index contributed by atoms with van der Waals surface area (Å²) in [6.07, 6.45) is 2.43. The van der Waals surface area contributed by atoms with Gasteiger partial charge in [-0.1, -0.05) is 0 Å². The molecule has 3 aliphatic heterocycles. The van der Waals surface area contributed by atoms with E-state index < -0.39 is 0 Å². The molecule has 0 saturated carbocycles. The number of piperidine rings is 1. The molecular weight excluding hydrogens is 166 g/mol. The van der Waals surface area contributed by atoms with Gasteiger partial charge in [0, 0.05) is 26.2 Å². The van der Waals surface area contributed by atoms with Crippen LogP contribution in [0.25, 0.3) is 0 Å². The number of hydrogen-bond donors (Lipinski definition) is 2. The predicted molar refractivity (Wildman–Crippen MR) is 50.5 cm³/mol. The molecule has 0 aliphatic carbocycles. The van der Waals surface area contributed by atoms with Gasteiger partial charge in [0.05, 0.1) is 0 Å². The second kappa shape index (κ2) is 3.54. The van der Waals surface area contributed by atoms with Crippen molar-refractivity contribution in [1.82, 2.24) is 15.5 Å². The first kappa shape index (κ1) is 8.81. The van der Waals surface area contributed by atoms with Crippen LogP contribution < -0.4 is 10.6 Å². The molecule has 74 valence electrons. The zero-order chi connectivity index (χ0) is 9.26. The first-order valence-corrected chi connectivity index (χ1v) is 5.00. The topological polar surface area (TPSA) is 44.4 Å². The molecule has 0 aromatic carbocycles. The van der Waals surface area contributed by atoms with Crippen LogP contribution in [-0.2, 0) is 0 Å². The Morgan fingerprint density at radius 2 is 2.31 bits per heavy atom. The van der Waals surface area contributed by atoms with E-state index >= 15 is 0 Å². The zero-order valence-corrected chi connectivity index (χ0v) is 8.05. The van der Waals surface area contributed by atoms with E-state index in [0.29, 0.717) is 12.0 Å². The van der Waals surface area contributed by atoms with Crippen molar-refractivity contribution in [3.8, 4) is 0 Å². The van der Waals surface area contributed by atoms with Gasteiger partial charge in [0.2, 0.25) is 0 Å². The Morgan fingerprint density at radius 1 is 1.46 bits per heavy atom. The summed E-state index contributed by atoms with van der Waals surface area (Å²) in [5, 5.41) is 6.10. The molecule has 0 spiro atoms. The molecule has 2 bridgehead atoms. The van der Waals surface area contributed by atoms with E-state index in [9.17, 15) is 4.79 Å². The minimum absolute atomic E-state index is 0.0819. The Kier molecular flexibility index (Phi) is 2.40. The van der Waals surface area contributed by atoms with E-state index in [0.717, 1.165) is 26.1 Å². The van der Waals surface area contributed by atoms with E-state index in [1.807, 2.05) is 4.90 Å². The quantitative estimate of drug-likeness (QED) is 0.555. The van der Waals surface area contributed by atoms with Crippen molar-refractivity contribution in [1.29, 1.82) is 0 Å². The Hall–Kier alpha value is -0.770. The lowest BCUT2D eigenvalue weighted by Gasteiger charge is -2.35. The highest BCUT2D eigenvalue weighted by atomic mass is 16.2. The fourth-order valence-electron chi connectivity index (χ4n) is 2.33. The number of carbonyl (C=O) groups excluding carboxylic acids is 1. The fraction of sp³-hybridized carbons (Fsp3) is 0.889. The van der Waals surface area contributed by atoms with Gasteiger partial charge in [-0.3, -0.25) is 0 Å². The molecule has 0 radical (unpaired) electrons. The lowest BCUT2D eigenvalue weighted by molar-refractivity contribution is 0.144. The van der Waals surface area contributed by atoms with Crippen molar-refractivity contribution < 1.29 is 4.79 Å². The Balaban J connectivity index is 2.08. The van der Waals surface area contributed by atoms with E-state index in [1.165, 1.54) is 6.42 Å². The average molecular weight is 183 g/mol. The highest BCUT2D eigenvalue weighted by molar-refractivity contribution is 5.74. The van der Waals surface area contributed by atoms with Crippen LogP contribution in [0.3, 0.4) is 0 Å². The summed E-state index contributed by atoms with van der Waals surface area (Å²) >= 11 is 0. The van der Waals surface area contributed by atoms with Gasteiger partial charge in [-0.15, -0.1) is 0 Å². The molecule has 3 fully saturated rings. The summed E-state index contributed by atoms with van der Waals surface area (Å²) in [5.74, 6) is 0.663. The van der Waals surface area contributed by atoms with Crippen molar-refractivity contribution >= 4 is 6.03 Å². The van der Waals surface area contributed by atoms with Crippen LogP contribution in [0.4, 0.5) is 4.79 Å². The highest BCUT2D eigenvalue weighted by Gasteiger charge is 2.33. The monoisotopic (exact) mass is 183 g/mol. The highest BCUT2D eigenvalue weighted by Crippen LogP contribution is 2.23. The molecule has 2 amide bonds. The molecule has 2 N–H and O–H groups in total. The number of nitrogens with one attached hydrogen (secondary N) is 2. The SMILES string of the molecule is CNC(=O)N1CC2CCC1CNC2. The predicted octanol–water partition coefficient (Wildman–Crippen LogP) is 0.00960. The van der Waals surface area contributed by atoms with Gasteiger partial charge in [0.25, 0.3) is 0 Å². The summed E-state index contributed by atoms with van der Waals surface area (Å²) in [6, 6.07) is 0.497. The summed E-state index contributed by atoms with van der Waals surface area (Å²) in [4.78, 5) is 13.5. The van der Waals surface area contributed by atoms with Crippen LogP contribution in [0.2, 0.25) is 0 Å². The number of carbonyl (C=O) groups is 1. The van der Waals surface area contributed by atoms with Crippen molar-refractivity contribution in [3.05, 3.63) is 0 Å². The van der Waals surface area contributed by atoms with E-state index in [-0.39, 0.29) is 6.03 Å². The molecule has 3 heterocycles. The lowest BCUT2D eigenvalue weighted by Crippen LogP contribution is -2.50. The lowest BCUT2D eigenvalue weighted by atomic mass is 9.95. The number of fused-ring (bicyclic) bond motifs is 4. The fourth-order valence-corrected chi connectivity index (χ4v) is 2.33. The van der Waals surface area contributed by atoms with Crippen LogP contribution in [0.15, 0.2) is 0 Å². The third-order valence-corrected chi connectivity index (χ3v) is 3.09. The van der Waals surface area contributed by atoms with E-state index in [1.54, 1.807) is 7.05 Å². The normalized spacial score (nSPS) is 32.8. The number of amides is 2. The summed E-state index contributed by atoms with van der Waals surface area (Å²) in [5.41, 5.74) is 0. The van der Waals surface area contributed by atoms with Gasteiger partial charge in [-0.2, -0.15) is 0 Å². The Bertz CT molecular complexity index is 203. The Morgan fingerprint density at radius 3 is 3.08 bits per heavy atom. The zero-order valence-electron chi connectivity index (χ0n) is 8.05. The van der Waals surface area contributed by atoms with Gasteiger partial charge in [-0.05, 0) is 25.3 Å². The maximum absolute atomic E-state index is 11.5. The van der Waals surface area contributed by atoms with E-state index in [2.05, 4.69) is 10.6 Å². The summed E-state index contributed by atoms with van der Waals surface area (Å²) < 4.78 is 0. The molecule has 0 aromatic heterocycles. The number of hydrogen-bond acceptors (Lipinski definition) is 2. The van der Waals surface area contributed by atoms with Crippen molar-refractivity contribution in [2.45, 2.75) is 18.9 Å². The van der Waals surface area contributed by atoms with Crippen molar-refractivity contribution in [2.75, 3.05) is 26.7 Å². The van der Waals surface area contributed by atoms with E-state index in [4.69, 9.17) is 0 Å². The molecular formula is C9H17N3O. The summed E-state index contributed by atoms with van der Waals surface area (Å²) in [7, 11) is 1.70. The first-order valence-electron chi connectivity index (χ1n) is 5.00. The van der Waals surface area contributed by atoms with Crippen LogP contribution in [-0.4, -0.2) is 43.7 Å². The van der Waals surface area contributed by atoms with Crippen LogP contribution in [0, 0.1) is 5.92 Å². The molecule has 3 aliphatic rings. The van der Waals surface area contributed by atoms with Gasteiger partial charge >= 0.3 is 6.03 Å². The molecule has 2 unspecified atom stereocenters. The van der Waals surface area contributed by atoms with Gasteiger partial charge in [0.1, 0.15) is 0 Å².